The molecule has 0 spiro atoms. The number of benzene rings is 2. The number of ether oxygens (including phenoxy) is 1. The van der Waals surface area contributed by atoms with Crippen molar-refractivity contribution in [1.82, 2.24) is 10.2 Å². The predicted octanol–water partition coefficient (Wildman–Crippen LogP) is 3.96. The first-order chi connectivity index (χ1) is 14.3. The topological polar surface area (TPSA) is 58.6 Å². The van der Waals surface area contributed by atoms with Crippen molar-refractivity contribution in [2.45, 2.75) is 46.7 Å². The SMILES string of the molecule is CCc1ccc(OCC(=O)N(Cc2ccc(F)cc2)[C@@H](C)C(=O)NCC(C)C)cc1. The molecule has 0 radical (unpaired) electrons. The van der Waals surface area contributed by atoms with Crippen LogP contribution >= 0.6 is 0 Å². The molecule has 2 aromatic rings. The highest BCUT2D eigenvalue weighted by molar-refractivity contribution is 5.87. The summed E-state index contributed by atoms with van der Waals surface area (Å²) in [6.45, 7) is 8.30. The summed E-state index contributed by atoms with van der Waals surface area (Å²) in [5, 5.41) is 2.86. The molecule has 0 saturated carbocycles. The monoisotopic (exact) mass is 414 g/mol. The Balaban J connectivity index is 2.10. The molecule has 0 aliphatic heterocycles. The smallest absolute Gasteiger partial charge is 0.261 e. The van der Waals surface area contributed by atoms with Crippen LogP contribution in [0.1, 0.15) is 38.8 Å². The minimum atomic E-state index is -0.688. The van der Waals surface area contributed by atoms with Crippen LogP contribution in [0, 0.1) is 11.7 Å². The Morgan fingerprint density at radius 1 is 1.00 bits per heavy atom. The zero-order valence-corrected chi connectivity index (χ0v) is 18.2. The maximum atomic E-state index is 13.2. The van der Waals surface area contributed by atoms with Gasteiger partial charge in [-0.2, -0.15) is 0 Å². The summed E-state index contributed by atoms with van der Waals surface area (Å²) in [6.07, 6.45) is 0.924. The average molecular weight is 415 g/mol. The van der Waals surface area contributed by atoms with E-state index < -0.39 is 6.04 Å². The molecular formula is C24H31FN2O3. The number of halogens is 1. The quantitative estimate of drug-likeness (QED) is 0.640. The van der Waals surface area contributed by atoms with Gasteiger partial charge in [0.05, 0.1) is 0 Å². The second-order valence-electron chi connectivity index (χ2n) is 7.75. The molecule has 1 atom stereocenters. The fraction of sp³-hybridized carbons (Fsp3) is 0.417. The van der Waals surface area contributed by atoms with Crippen molar-refractivity contribution in [2.75, 3.05) is 13.2 Å². The van der Waals surface area contributed by atoms with E-state index in [1.165, 1.54) is 22.6 Å². The van der Waals surface area contributed by atoms with Crippen molar-refractivity contribution in [3.63, 3.8) is 0 Å². The summed E-state index contributed by atoms with van der Waals surface area (Å²) in [6, 6.07) is 12.8. The van der Waals surface area contributed by atoms with E-state index in [-0.39, 0.29) is 30.8 Å². The van der Waals surface area contributed by atoms with E-state index in [0.717, 1.165) is 12.0 Å². The largest absolute Gasteiger partial charge is 0.484 e. The van der Waals surface area contributed by atoms with Crippen LogP contribution in [0.5, 0.6) is 5.75 Å². The van der Waals surface area contributed by atoms with Gasteiger partial charge in [0, 0.05) is 13.1 Å². The molecule has 5 nitrogen and oxygen atoms in total. The van der Waals surface area contributed by atoms with E-state index in [0.29, 0.717) is 18.2 Å². The molecule has 0 aromatic heterocycles. The molecule has 2 rings (SSSR count). The fourth-order valence-electron chi connectivity index (χ4n) is 2.87. The third-order valence-corrected chi connectivity index (χ3v) is 4.81. The molecule has 0 aliphatic rings. The van der Waals surface area contributed by atoms with E-state index >= 15 is 0 Å². The van der Waals surface area contributed by atoms with Crippen LogP contribution in [-0.2, 0) is 22.6 Å². The molecule has 162 valence electrons. The van der Waals surface area contributed by atoms with Gasteiger partial charge in [-0.05, 0) is 54.7 Å². The molecule has 0 aliphatic carbocycles. The molecule has 0 heterocycles. The number of hydrogen-bond acceptors (Lipinski definition) is 3. The molecule has 30 heavy (non-hydrogen) atoms. The van der Waals surface area contributed by atoms with Crippen LogP contribution in [0.4, 0.5) is 4.39 Å². The zero-order chi connectivity index (χ0) is 22.1. The first-order valence-electron chi connectivity index (χ1n) is 10.3. The summed E-state index contributed by atoms with van der Waals surface area (Å²) in [5.74, 6) is 0.00628. The average Bonchev–Trinajstić information content (AvgIpc) is 2.75. The highest BCUT2D eigenvalue weighted by Crippen LogP contribution is 2.15. The summed E-state index contributed by atoms with van der Waals surface area (Å²) in [7, 11) is 0. The number of aryl methyl sites for hydroxylation is 1. The van der Waals surface area contributed by atoms with Crippen LogP contribution in [0.15, 0.2) is 48.5 Å². The Bertz CT molecular complexity index is 819. The second kappa shape index (κ2) is 11.3. The summed E-state index contributed by atoms with van der Waals surface area (Å²) in [5.41, 5.74) is 1.92. The van der Waals surface area contributed by atoms with E-state index in [9.17, 15) is 14.0 Å². The molecule has 2 aromatic carbocycles. The lowest BCUT2D eigenvalue weighted by Gasteiger charge is -2.29. The normalized spacial score (nSPS) is 11.8. The molecule has 0 unspecified atom stereocenters. The van der Waals surface area contributed by atoms with Gasteiger partial charge in [0.1, 0.15) is 17.6 Å². The van der Waals surface area contributed by atoms with Gasteiger partial charge < -0.3 is 15.0 Å². The van der Waals surface area contributed by atoms with Crippen molar-refractivity contribution in [3.8, 4) is 5.75 Å². The van der Waals surface area contributed by atoms with Crippen molar-refractivity contribution in [2.24, 2.45) is 5.92 Å². The Kier molecular flexibility index (Phi) is 8.84. The van der Waals surface area contributed by atoms with Crippen LogP contribution < -0.4 is 10.1 Å². The fourth-order valence-corrected chi connectivity index (χ4v) is 2.87. The lowest BCUT2D eigenvalue weighted by molar-refractivity contribution is -0.142. The number of rotatable bonds is 10. The van der Waals surface area contributed by atoms with Crippen LogP contribution in [-0.4, -0.2) is 35.9 Å². The molecule has 0 fully saturated rings. The Morgan fingerprint density at radius 2 is 1.60 bits per heavy atom. The summed E-state index contributed by atoms with van der Waals surface area (Å²) in [4.78, 5) is 27.0. The highest BCUT2D eigenvalue weighted by Gasteiger charge is 2.26. The number of amides is 2. The van der Waals surface area contributed by atoms with Gasteiger partial charge in [0.25, 0.3) is 5.91 Å². The van der Waals surface area contributed by atoms with Crippen LogP contribution in [0.3, 0.4) is 0 Å². The second-order valence-corrected chi connectivity index (χ2v) is 7.75. The first-order valence-corrected chi connectivity index (χ1v) is 10.3. The van der Waals surface area contributed by atoms with Crippen molar-refractivity contribution >= 4 is 11.8 Å². The maximum absolute atomic E-state index is 13.2. The lowest BCUT2D eigenvalue weighted by Crippen LogP contribution is -2.49. The lowest BCUT2D eigenvalue weighted by atomic mass is 10.1. The standard InChI is InChI=1S/C24H31FN2O3/c1-5-19-8-12-22(13-9-19)30-16-23(28)27(15-20-6-10-21(25)11-7-20)18(4)24(29)26-14-17(2)3/h6-13,17-18H,5,14-16H2,1-4H3,(H,26,29)/t18-/m0/s1. The number of carbonyl (C=O) groups is 2. The maximum Gasteiger partial charge on any atom is 0.261 e. The molecule has 0 bridgehead atoms. The van der Waals surface area contributed by atoms with Crippen molar-refractivity contribution in [3.05, 3.63) is 65.5 Å². The number of nitrogens with zero attached hydrogens (tertiary/aromatic N) is 1. The highest BCUT2D eigenvalue weighted by atomic mass is 19.1. The number of carbonyl (C=O) groups excluding carboxylic acids is 2. The van der Waals surface area contributed by atoms with Gasteiger partial charge in [-0.3, -0.25) is 9.59 Å². The molecule has 1 N–H and O–H groups in total. The first kappa shape index (κ1) is 23.4. The van der Waals surface area contributed by atoms with Gasteiger partial charge in [0.15, 0.2) is 6.61 Å². The van der Waals surface area contributed by atoms with Crippen LogP contribution in [0.25, 0.3) is 0 Å². The van der Waals surface area contributed by atoms with Gasteiger partial charge in [0.2, 0.25) is 5.91 Å². The summed E-state index contributed by atoms with van der Waals surface area (Å²) >= 11 is 0. The van der Waals surface area contributed by atoms with E-state index in [4.69, 9.17) is 4.74 Å². The van der Waals surface area contributed by atoms with Crippen LogP contribution in [0.2, 0.25) is 0 Å². The van der Waals surface area contributed by atoms with E-state index in [2.05, 4.69) is 12.2 Å². The van der Waals surface area contributed by atoms with Gasteiger partial charge in [-0.1, -0.05) is 45.0 Å². The number of hydrogen-bond donors (Lipinski definition) is 1. The third-order valence-electron chi connectivity index (χ3n) is 4.81. The molecular weight excluding hydrogens is 383 g/mol. The molecule has 6 heteroatoms. The molecule has 2 amide bonds. The van der Waals surface area contributed by atoms with Crippen molar-refractivity contribution in [1.29, 1.82) is 0 Å². The third kappa shape index (κ3) is 7.17. The van der Waals surface area contributed by atoms with Gasteiger partial charge in [-0.15, -0.1) is 0 Å². The van der Waals surface area contributed by atoms with E-state index in [1.807, 2.05) is 38.1 Å². The zero-order valence-electron chi connectivity index (χ0n) is 18.2. The minimum absolute atomic E-state index is 0.186. The van der Waals surface area contributed by atoms with Gasteiger partial charge in [-0.25, -0.2) is 4.39 Å². The Hall–Kier alpha value is -2.89. The minimum Gasteiger partial charge on any atom is -0.484 e. The summed E-state index contributed by atoms with van der Waals surface area (Å²) < 4.78 is 18.9. The Labute approximate surface area is 178 Å². The van der Waals surface area contributed by atoms with Gasteiger partial charge >= 0.3 is 0 Å². The number of nitrogens with one attached hydrogen (secondary N) is 1. The molecule has 0 saturated heterocycles. The van der Waals surface area contributed by atoms with Crippen molar-refractivity contribution < 1.29 is 18.7 Å². The van der Waals surface area contributed by atoms with E-state index in [1.54, 1.807) is 19.1 Å². The predicted molar refractivity (Wildman–Crippen MR) is 116 cm³/mol. The Morgan fingerprint density at radius 3 is 2.17 bits per heavy atom.